The molecule has 0 bridgehead atoms. The average molecular weight is 397 g/mol. The van der Waals surface area contributed by atoms with Crippen molar-refractivity contribution >= 4 is 28.5 Å². The van der Waals surface area contributed by atoms with Crippen LogP contribution < -0.4 is 9.80 Å². The molecule has 5 rings (SSSR count). The standard InChI is InChI=1S/C23H23N7/c1-16-7-3-6-10-20(16)30-17(2)21-14-28(11-12-29(21)23(30)26-15-24)22-13-25-18-8-4-5-9-19(18)27-22/h3-10,13,17,21H,11-12,14H2,1-2H3/b26-23+/t17?,21-/m1/s1. The molecule has 1 unspecified atom stereocenters. The van der Waals surface area contributed by atoms with Crippen LogP contribution in [0.25, 0.3) is 11.0 Å². The van der Waals surface area contributed by atoms with Crippen molar-refractivity contribution in [1.82, 2.24) is 14.9 Å². The van der Waals surface area contributed by atoms with E-state index in [2.05, 4.69) is 50.7 Å². The molecule has 3 aromatic rings. The second-order valence-corrected chi connectivity index (χ2v) is 7.83. The second-order valence-electron chi connectivity index (χ2n) is 7.83. The Kier molecular flexibility index (Phi) is 4.47. The summed E-state index contributed by atoms with van der Waals surface area (Å²) in [4.78, 5) is 20.4. The van der Waals surface area contributed by atoms with Gasteiger partial charge in [0.15, 0.2) is 0 Å². The van der Waals surface area contributed by atoms with Crippen LogP contribution in [0.2, 0.25) is 0 Å². The number of rotatable bonds is 2. The molecule has 2 saturated heterocycles. The van der Waals surface area contributed by atoms with E-state index in [1.807, 2.05) is 48.8 Å². The van der Waals surface area contributed by atoms with Gasteiger partial charge in [-0.25, -0.2) is 4.98 Å². The van der Waals surface area contributed by atoms with Crippen molar-refractivity contribution < 1.29 is 0 Å². The summed E-state index contributed by atoms with van der Waals surface area (Å²) >= 11 is 0. The monoisotopic (exact) mass is 397 g/mol. The number of aliphatic imine (C=N–C) groups is 1. The topological polar surface area (TPSA) is 71.7 Å². The lowest BCUT2D eigenvalue weighted by atomic mass is 10.1. The molecule has 3 heterocycles. The summed E-state index contributed by atoms with van der Waals surface area (Å²) < 4.78 is 0. The van der Waals surface area contributed by atoms with E-state index < -0.39 is 0 Å². The molecule has 150 valence electrons. The lowest BCUT2D eigenvalue weighted by Gasteiger charge is -2.38. The Morgan fingerprint density at radius 2 is 1.83 bits per heavy atom. The first-order chi connectivity index (χ1) is 14.7. The molecular formula is C23H23N7. The molecule has 2 aliphatic heterocycles. The number of piperazine rings is 1. The smallest absolute Gasteiger partial charge is 0.217 e. The lowest BCUT2D eigenvalue weighted by molar-refractivity contribution is 0.288. The average Bonchev–Trinajstić information content (AvgIpc) is 3.05. The van der Waals surface area contributed by atoms with Crippen molar-refractivity contribution in [2.45, 2.75) is 25.9 Å². The first kappa shape index (κ1) is 18.4. The number of aryl methyl sites for hydroxylation is 1. The fraction of sp³-hybridized carbons (Fsp3) is 0.304. The predicted octanol–water partition coefficient (Wildman–Crippen LogP) is 3.17. The molecule has 0 spiro atoms. The van der Waals surface area contributed by atoms with E-state index in [0.717, 1.165) is 48.1 Å². The van der Waals surface area contributed by atoms with Gasteiger partial charge in [-0.05, 0) is 37.6 Å². The third-order valence-electron chi connectivity index (χ3n) is 6.14. The van der Waals surface area contributed by atoms with Gasteiger partial charge in [0.25, 0.3) is 0 Å². The van der Waals surface area contributed by atoms with E-state index in [-0.39, 0.29) is 12.1 Å². The van der Waals surface area contributed by atoms with Gasteiger partial charge in [0.05, 0.1) is 29.3 Å². The number of para-hydroxylation sites is 3. The largest absolute Gasteiger partial charge is 0.351 e. The van der Waals surface area contributed by atoms with Crippen molar-refractivity contribution in [1.29, 1.82) is 5.26 Å². The summed E-state index contributed by atoms with van der Waals surface area (Å²) in [6.45, 7) is 6.70. The van der Waals surface area contributed by atoms with Crippen LogP contribution in [0.5, 0.6) is 0 Å². The Hall–Kier alpha value is -3.66. The van der Waals surface area contributed by atoms with Crippen LogP contribution in [-0.4, -0.2) is 52.5 Å². The third-order valence-corrected chi connectivity index (χ3v) is 6.14. The van der Waals surface area contributed by atoms with E-state index in [4.69, 9.17) is 4.98 Å². The van der Waals surface area contributed by atoms with Gasteiger partial charge >= 0.3 is 0 Å². The number of hydrogen-bond donors (Lipinski definition) is 0. The maximum atomic E-state index is 9.35. The predicted molar refractivity (Wildman–Crippen MR) is 118 cm³/mol. The summed E-state index contributed by atoms with van der Waals surface area (Å²) in [5.41, 5.74) is 4.09. The van der Waals surface area contributed by atoms with Crippen molar-refractivity contribution in [3.8, 4) is 6.19 Å². The number of aromatic nitrogens is 2. The molecule has 2 aliphatic rings. The van der Waals surface area contributed by atoms with Crippen molar-refractivity contribution in [3.63, 3.8) is 0 Å². The van der Waals surface area contributed by atoms with Crippen molar-refractivity contribution in [2.24, 2.45) is 4.99 Å². The Morgan fingerprint density at radius 1 is 1.07 bits per heavy atom. The fourth-order valence-electron chi connectivity index (χ4n) is 4.60. The van der Waals surface area contributed by atoms with E-state index in [0.29, 0.717) is 0 Å². The number of benzene rings is 2. The Labute approximate surface area is 175 Å². The van der Waals surface area contributed by atoms with E-state index >= 15 is 0 Å². The Bertz CT molecular complexity index is 1170. The van der Waals surface area contributed by atoms with Crippen molar-refractivity contribution in [3.05, 3.63) is 60.3 Å². The molecule has 7 heteroatoms. The fourth-order valence-corrected chi connectivity index (χ4v) is 4.60. The molecular weight excluding hydrogens is 374 g/mol. The highest BCUT2D eigenvalue weighted by molar-refractivity contribution is 6.00. The van der Waals surface area contributed by atoms with Crippen molar-refractivity contribution in [2.75, 3.05) is 29.4 Å². The highest BCUT2D eigenvalue weighted by atomic mass is 15.5. The number of hydrogen-bond acceptors (Lipinski definition) is 5. The van der Waals surface area contributed by atoms with Crippen LogP contribution in [0.1, 0.15) is 12.5 Å². The van der Waals surface area contributed by atoms with Gasteiger partial charge in [0.1, 0.15) is 5.82 Å². The van der Waals surface area contributed by atoms with Gasteiger partial charge in [0, 0.05) is 25.3 Å². The quantitative estimate of drug-likeness (QED) is 0.619. The second kappa shape index (κ2) is 7.30. The Morgan fingerprint density at radius 3 is 2.63 bits per heavy atom. The molecule has 2 fully saturated rings. The first-order valence-electron chi connectivity index (χ1n) is 10.2. The zero-order valence-electron chi connectivity index (χ0n) is 17.1. The van der Waals surface area contributed by atoms with Gasteiger partial charge in [-0.15, -0.1) is 4.99 Å². The Balaban J connectivity index is 1.48. The van der Waals surface area contributed by atoms with E-state index in [9.17, 15) is 5.26 Å². The first-order valence-corrected chi connectivity index (χ1v) is 10.2. The summed E-state index contributed by atoms with van der Waals surface area (Å²) in [6.07, 6.45) is 3.88. The summed E-state index contributed by atoms with van der Waals surface area (Å²) in [5.74, 6) is 1.64. The van der Waals surface area contributed by atoms with Crippen LogP contribution in [0, 0.1) is 18.4 Å². The molecule has 0 saturated carbocycles. The highest BCUT2D eigenvalue weighted by Crippen LogP contribution is 2.34. The highest BCUT2D eigenvalue weighted by Gasteiger charge is 2.45. The maximum absolute atomic E-state index is 9.35. The summed E-state index contributed by atoms with van der Waals surface area (Å²) in [5, 5.41) is 9.35. The molecule has 7 nitrogen and oxygen atoms in total. The number of nitrogens with zero attached hydrogens (tertiary/aromatic N) is 7. The maximum Gasteiger partial charge on any atom is 0.217 e. The van der Waals surface area contributed by atoms with Gasteiger partial charge in [-0.1, -0.05) is 30.3 Å². The number of nitriles is 1. The minimum Gasteiger partial charge on any atom is -0.351 e. The van der Waals surface area contributed by atoms with Gasteiger partial charge in [-0.3, -0.25) is 4.98 Å². The molecule has 30 heavy (non-hydrogen) atoms. The summed E-state index contributed by atoms with van der Waals surface area (Å²) in [6, 6.07) is 16.6. The van der Waals surface area contributed by atoms with E-state index in [1.165, 1.54) is 5.56 Å². The molecule has 0 amide bonds. The minimum atomic E-state index is 0.175. The minimum absolute atomic E-state index is 0.175. The van der Waals surface area contributed by atoms with Crippen LogP contribution >= 0.6 is 0 Å². The van der Waals surface area contributed by atoms with Gasteiger partial charge in [0.2, 0.25) is 12.2 Å². The zero-order valence-corrected chi connectivity index (χ0v) is 17.1. The van der Waals surface area contributed by atoms with Gasteiger partial charge in [-0.2, -0.15) is 5.26 Å². The molecule has 2 aromatic carbocycles. The normalized spacial score (nSPS) is 22.4. The van der Waals surface area contributed by atoms with Crippen LogP contribution in [0.15, 0.2) is 59.7 Å². The molecule has 0 aliphatic carbocycles. The number of fused-ring (bicyclic) bond motifs is 2. The van der Waals surface area contributed by atoms with E-state index in [1.54, 1.807) is 0 Å². The third kappa shape index (κ3) is 2.92. The van der Waals surface area contributed by atoms with Gasteiger partial charge < -0.3 is 14.7 Å². The summed E-state index contributed by atoms with van der Waals surface area (Å²) in [7, 11) is 0. The molecule has 2 atom stereocenters. The zero-order chi connectivity index (χ0) is 20.7. The number of guanidine groups is 1. The number of anilines is 2. The van der Waals surface area contributed by atoms with Crippen LogP contribution in [0.3, 0.4) is 0 Å². The molecule has 0 radical (unpaired) electrons. The molecule has 0 N–H and O–H groups in total. The SMILES string of the molecule is Cc1ccccc1N1/C(=N/C#N)N2CCN(c3cnc4ccccc4n3)C[C@@H]2C1C. The molecule has 1 aromatic heterocycles. The van der Waals surface area contributed by atoms with Crippen LogP contribution in [0.4, 0.5) is 11.5 Å². The van der Waals surface area contributed by atoms with Crippen LogP contribution in [-0.2, 0) is 0 Å². The lowest BCUT2D eigenvalue weighted by Crippen LogP contribution is -2.54.